The molecule has 2 fully saturated rings. The molecule has 1 N–H and O–H groups in total. The molecule has 33 heavy (non-hydrogen) atoms. The Kier molecular flexibility index (Phi) is 6.42. The van der Waals surface area contributed by atoms with Crippen molar-refractivity contribution in [1.29, 1.82) is 0 Å². The van der Waals surface area contributed by atoms with Crippen LogP contribution in [0.25, 0.3) is 0 Å². The van der Waals surface area contributed by atoms with Crippen LogP contribution >= 0.6 is 0 Å². The Hall–Kier alpha value is -2.95. The molecule has 9 nitrogen and oxygen atoms in total. The molecule has 2 saturated heterocycles. The number of amides is 2. The van der Waals surface area contributed by atoms with Crippen molar-refractivity contribution in [2.45, 2.75) is 31.2 Å². The molecular formula is C23H27N3O6S. The van der Waals surface area contributed by atoms with Gasteiger partial charge in [0, 0.05) is 18.8 Å². The number of nitrogens with zero attached hydrogens (tertiary/aromatic N) is 2. The third-order valence-electron chi connectivity index (χ3n) is 5.90. The minimum atomic E-state index is -3.82. The molecule has 0 saturated carbocycles. The van der Waals surface area contributed by atoms with Crippen LogP contribution in [0.15, 0.2) is 41.3 Å². The van der Waals surface area contributed by atoms with E-state index >= 15 is 0 Å². The van der Waals surface area contributed by atoms with E-state index in [9.17, 15) is 18.0 Å². The zero-order valence-electron chi connectivity index (χ0n) is 18.8. The van der Waals surface area contributed by atoms with Crippen molar-refractivity contribution in [2.24, 2.45) is 0 Å². The van der Waals surface area contributed by atoms with Crippen LogP contribution < -0.4 is 15.0 Å². The fraction of sp³-hybridized carbons (Fsp3) is 0.391. The van der Waals surface area contributed by atoms with E-state index in [1.807, 2.05) is 32.0 Å². The van der Waals surface area contributed by atoms with Crippen LogP contribution in [0.4, 0.5) is 11.4 Å². The monoisotopic (exact) mass is 473 g/mol. The molecular weight excluding hydrogens is 446 g/mol. The summed E-state index contributed by atoms with van der Waals surface area (Å²) in [5.41, 5.74) is 2.68. The zero-order chi connectivity index (χ0) is 23.8. The number of morpholine rings is 1. The summed E-state index contributed by atoms with van der Waals surface area (Å²) in [4.78, 5) is 27.1. The molecule has 176 valence electrons. The molecule has 4 rings (SSSR count). The maximum Gasteiger partial charge on any atom is 0.256 e. The van der Waals surface area contributed by atoms with E-state index in [1.54, 1.807) is 12.1 Å². The van der Waals surface area contributed by atoms with Crippen LogP contribution in [0, 0.1) is 13.8 Å². The van der Waals surface area contributed by atoms with Crippen LogP contribution in [0.5, 0.6) is 5.75 Å². The molecule has 0 radical (unpaired) electrons. The molecule has 0 aromatic heterocycles. The first kappa shape index (κ1) is 23.2. The maximum atomic E-state index is 13.2. The maximum absolute atomic E-state index is 13.2. The van der Waals surface area contributed by atoms with Crippen LogP contribution in [-0.4, -0.2) is 64.0 Å². The van der Waals surface area contributed by atoms with E-state index in [1.165, 1.54) is 22.4 Å². The molecule has 0 aliphatic carbocycles. The molecule has 2 aromatic rings. The second-order valence-electron chi connectivity index (χ2n) is 8.09. The number of aryl methyl sites for hydroxylation is 2. The lowest BCUT2D eigenvalue weighted by Gasteiger charge is -2.27. The number of rotatable bonds is 6. The van der Waals surface area contributed by atoms with Gasteiger partial charge in [-0.15, -0.1) is 0 Å². The van der Waals surface area contributed by atoms with Gasteiger partial charge in [0.15, 0.2) is 0 Å². The highest BCUT2D eigenvalue weighted by Crippen LogP contribution is 2.33. The smallest absolute Gasteiger partial charge is 0.256 e. The molecule has 2 amide bonds. The SMILES string of the molecule is COc1ccc(N[C@@H]2CC(=O)N(c3c(C)cccc3C)C2=O)cc1S(=O)(=O)N1CCOCC1. The fourth-order valence-corrected chi connectivity index (χ4v) is 5.82. The van der Waals surface area contributed by atoms with Crippen LogP contribution in [0.2, 0.25) is 0 Å². The number of sulfonamides is 1. The molecule has 2 aromatic carbocycles. The molecule has 2 aliphatic heterocycles. The van der Waals surface area contributed by atoms with Crippen molar-refractivity contribution < 1.29 is 27.5 Å². The molecule has 0 bridgehead atoms. The van der Waals surface area contributed by atoms with Crippen LogP contribution in [0.3, 0.4) is 0 Å². The normalized spacial score (nSPS) is 19.7. The first-order valence-electron chi connectivity index (χ1n) is 10.7. The fourth-order valence-electron chi connectivity index (χ4n) is 4.23. The van der Waals surface area contributed by atoms with Crippen molar-refractivity contribution in [1.82, 2.24) is 4.31 Å². The number of anilines is 2. The number of benzene rings is 2. The van der Waals surface area contributed by atoms with Gasteiger partial charge in [-0.2, -0.15) is 4.31 Å². The van der Waals surface area contributed by atoms with Crippen molar-refractivity contribution in [2.75, 3.05) is 43.6 Å². The third-order valence-corrected chi connectivity index (χ3v) is 7.82. The number of para-hydroxylation sites is 1. The summed E-state index contributed by atoms with van der Waals surface area (Å²) in [5.74, 6) is -0.464. The van der Waals surface area contributed by atoms with Gasteiger partial charge in [-0.25, -0.2) is 13.3 Å². The predicted octanol–water partition coefficient (Wildman–Crippen LogP) is 2.08. The summed E-state index contributed by atoms with van der Waals surface area (Å²) in [6, 6.07) is 9.41. The standard InChI is InChI=1S/C23H27N3O6S/c1-15-5-4-6-16(2)22(15)26-21(27)14-18(23(26)28)24-17-7-8-19(31-3)20(13-17)33(29,30)25-9-11-32-12-10-25/h4-8,13,18,24H,9-12,14H2,1-3H3/t18-/m1/s1. The highest BCUT2D eigenvalue weighted by atomic mass is 32.2. The van der Waals surface area contributed by atoms with E-state index in [4.69, 9.17) is 9.47 Å². The summed E-state index contributed by atoms with van der Waals surface area (Å²) in [6.07, 6.45) is -0.0236. The van der Waals surface area contributed by atoms with Gasteiger partial charge in [0.25, 0.3) is 5.91 Å². The molecule has 0 spiro atoms. The number of ether oxygens (including phenoxy) is 2. The third kappa shape index (κ3) is 4.33. The second kappa shape index (κ2) is 9.12. The number of hydrogen-bond donors (Lipinski definition) is 1. The minimum absolute atomic E-state index is 0.000256. The van der Waals surface area contributed by atoms with Gasteiger partial charge in [0.1, 0.15) is 16.7 Å². The summed E-state index contributed by atoms with van der Waals surface area (Å²) in [6.45, 7) is 4.87. The van der Waals surface area contributed by atoms with E-state index in [2.05, 4.69) is 5.32 Å². The number of carbonyl (C=O) groups is 2. The number of nitrogens with one attached hydrogen (secondary N) is 1. The zero-order valence-corrected chi connectivity index (χ0v) is 19.6. The highest BCUT2D eigenvalue weighted by Gasteiger charge is 2.41. The van der Waals surface area contributed by atoms with E-state index in [0.29, 0.717) is 24.6 Å². The minimum Gasteiger partial charge on any atom is -0.495 e. The van der Waals surface area contributed by atoms with Gasteiger partial charge in [0.05, 0.1) is 32.4 Å². The second-order valence-corrected chi connectivity index (χ2v) is 10.00. The molecule has 10 heteroatoms. The topological polar surface area (TPSA) is 105 Å². The quantitative estimate of drug-likeness (QED) is 0.641. The van der Waals surface area contributed by atoms with E-state index in [0.717, 1.165) is 11.1 Å². The van der Waals surface area contributed by atoms with Crippen LogP contribution in [-0.2, 0) is 24.3 Å². The average Bonchev–Trinajstić information content (AvgIpc) is 3.07. The lowest BCUT2D eigenvalue weighted by atomic mass is 10.1. The van der Waals surface area contributed by atoms with Crippen molar-refractivity contribution >= 4 is 33.2 Å². The first-order chi connectivity index (χ1) is 15.7. The Morgan fingerprint density at radius 3 is 2.36 bits per heavy atom. The molecule has 2 aliphatic rings. The Bertz CT molecular complexity index is 1170. The Balaban J connectivity index is 1.62. The van der Waals surface area contributed by atoms with Gasteiger partial charge in [-0.1, -0.05) is 18.2 Å². The van der Waals surface area contributed by atoms with Crippen molar-refractivity contribution in [3.05, 3.63) is 47.5 Å². The Morgan fingerprint density at radius 1 is 1.06 bits per heavy atom. The lowest BCUT2D eigenvalue weighted by molar-refractivity contribution is -0.121. The predicted molar refractivity (Wildman–Crippen MR) is 123 cm³/mol. The van der Waals surface area contributed by atoms with E-state index < -0.39 is 16.1 Å². The average molecular weight is 474 g/mol. The van der Waals surface area contributed by atoms with Gasteiger partial charge in [-0.05, 0) is 43.2 Å². The molecule has 0 unspecified atom stereocenters. The van der Waals surface area contributed by atoms with Gasteiger partial charge in [0.2, 0.25) is 15.9 Å². The lowest BCUT2D eigenvalue weighted by Crippen LogP contribution is -2.40. The Morgan fingerprint density at radius 2 is 1.73 bits per heavy atom. The number of methoxy groups -OCH3 is 1. The number of imide groups is 1. The van der Waals surface area contributed by atoms with Gasteiger partial charge < -0.3 is 14.8 Å². The Labute approximate surface area is 193 Å². The number of carbonyl (C=O) groups excluding carboxylic acids is 2. The van der Waals surface area contributed by atoms with E-state index in [-0.39, 0.29) is 42.0 Å². The number of hydrogen-bond acceptors (Lipinski definition) is 7. The summed E-state index contributed by atoms with van der Waals surface area (Å²) < 4.78 is 38.3. The van der Waals surface area contributed by atoms with Crippen LogP contribution in [0.1, 0.15) is 17.5 Å². The summed E-state index contributed by atoms with van der Waals surface area (Å²) >= 11 is 0. The largest absolute Gasteiger partial charge is 0.495 e. The summed E-state index contributed by atoms with van der Waals surface area (Å²) in [5, 5.41) is 3.05. The summed E-state index contributed by atoms with van der Waals surface area (Å²) in [7, 11) is -2.42. The van der Waals surface area contributed by atoms with Crippen molar-refractivity contribution in [3.8, 4) is 5.75 Å². The van der Waals surface area contributed by atoms with Gasteiger partial charge in [-0.3, -0.25) is 9.59 Å². The molecule has 1 atom stereocenters. The molecule has 2 heterocycles. The first-order valence-corrected chi connectivity index (χ1v) is 12.1. The van der Waals surface area contributed by atoms with Gasteiger partial charge >= 0.3 is 0 Å². The highest BCUT2D eigenvalue weighted by molar-refractivity contribution is 7.89. The van der Waals surface area contributed by atoms with Crippen molar-refractivity contribution in [3.63, 3.8) is 0 Å².